The number of hydrogen-bond acceptors (Lipinski definition) is 3. The molecule has 5 heteroatoms. The molecule has 0 bridgehead atoms. The van der Waals surface area contributed by atoms with Gasteiger partial charge in [0.25, 0.3) is 0 Å². The SMILES string of the molecule is Cc1cnn(Cc2cncn2C(C)C)c1N. The van der Waals surface area contributed by atoms with Crippen molar-refractivity contribution >= 4 is 5.82 Å². The first kappa shape index (κ1) is 10.7. The van der Waals surface area contributed by atoms with Gasteiger partial charge in [0.15, 0.2) is 0 Å². The lowest BCUT2D eigenvalue weighted by molar-refractivity contribution is 0.550. The number of nitrogens with two attached hydrogens (primary N) is 1. The second-order valence-corrected chi connectivity index (χ2v) is 4.26. The summed E-state index contributed by atoms with van der Waals surface area (Å²) in [6.07, 6.45) is 5.48. The van der Waals surface area contributed by atoms with Crippen LogP contribution in [0.4, 0.5) is 5.82 Å². The summed E-state index contributed by atoms with van der Waals surface area (Å²) in [4.78, 5) is 4.16. The van der Waals surface area contributed by atoms with Crippen LogP contribution in [0.5, 0.6) is 0 Å². The zero-order valence-corrected chi connectivity index (χ0v) is 9.88. The number of hydrogen-bond donors (Lipinski definition) is 1. The van der Waals surface area contributed by atoms with Gasteiger partial charge < -0.3 is 10.3 Å². The zero-order valence-electron chi connectivity index (χ0n) is 9.88. The van der Waals surface area contributed by atoms with Crippen molar-refractivity contribution in [2.45, 2.75) is 33.4 Å². The van der Waals surface area contributed by atoms with Crippen LogP contribution in [0.1, 0.15) is 31.1 Å². The molecule has 0 saturated carbocycles. The Kier molecular flexibility index (Phi) is 2.68. The van der Waals surface area contributed by atoms with E-state index in [0.717, 1.165) is 17.1 Å². The summed E-state index contributed by atoms with van der Waals surface area (Å²) in [7, 11) is 0. The van der Waals surface area contributed by atoms with E-state index in [-0.39, 0.29) is 0 Å². The highest BCUT2D eigenvalue weighted by atomic mass is 15.3. The molecule has 0 radical (unpaired) electrons. The van der Waals surface area contributed by atoms with Gasteiger partial charge in [0, 0.05) is 11.6 Å². The summed E-state index contributed by atoms with van der Waals surface area (Å²) >= 11 is 0. The second kappa shape index (κ2) is 4.00. The van der Waals surface area contributed by atoms with Crippen molar-refractivity contribution in [3.63, 3.8) is 0 Å². The van der Waals surface area contributed by atoms with Crippen molar-refractivity contribution in [2.75, 3.05) is 5.73 Å². The number of nitrogens with zero attached hydrogens (tertiary/aromatic N) is 4. The summed E-state index contributed by atoms with van der Waals surface area (Å²) in [5, 5.41) is 4.24. The van der Waals surface area contributed by atoms with Gasteiger partial charge in [-0.2, -0.15) is 5.10 Å². The fourth-order valence-corrected chi connectivity index (χ4v) is 1.69. The molecule has 0 unspecified atom stereocenters. The number of imidazole rings is 1. The Morgan fingerprint density at radius 1 is 1.38 bits per heavy atom. The molecule has 2 N–H and O–H groups in total. The van der Waals surface area contributed by atoms with Crippen molar-refractivity contribution in [1.29, 1.82) is 0 Å². The maximum absolute atomic E-state index is 5.92. The number of aryl methyl sites for hydroxylation is 1. The van der Waals surface area contributed by atoms with Gasteiger partial charge in [0.05, 0.1) is 31.0 Å². The lowest BCUT2D eigenvalue weighted by Crippen LogP contribution is -2.11. The molecule has 2 heterocycles. The summed E-state index contributed by atoms with van der Waals surface area (Å²) in [6, 6.07) is 0.399. The van der Waals surface area contributed by atoms with Crippen molar-refractivity contribution in [3.8, 4) is 0 Å². The molecule has 86 valence electrons. The highest BCUT2D eigenvalue weighted by Gasteiger charge is 2.09. The van der Waals surface area contributed by atoms with Crippen molar-refractivity contribution in [2.24, 2.45) is 0 Å². The summed E-state index contributed by atoms with van der Waals surface area (Å²) in [5.74, 6) is 0.719. The van der Waals surface area contributed by atoms with E-state index in [2.05, 4.69) is 28.5 Å². The van der Waals surface area contributed by atoms with E-state index in [0.29, 0.717) is 12.6 Å². The Labute approximate surface area is 94.9 Å². The monoisotopic (exact) mass is 219 g/mol. The van der Waals surface area contributed by atoms with Crippen LogP contribution in [0.3, 0.4) is 0 Å². The maximum Gasteiger partial charge on any atom is 0.125 e. The van der Waals surface area contributed by atoms with Crippen molar-refractivity contribution < 1.29 is 0 Å². The van der Waals surface area contributed by atoms with Gasteiger partial charge in [0.2, 0.25) is 0 Å². The Balaban J connectivity index is 2.27. The predicted octanol–water partition coefficient (Wildman–Crippen LogP) is 1.60. The first-order valence-electron chi connectivity index (χ1n) is 5.38. The van der Waals surface area contributed by atoms with E-state index in [1.54, 1.807) is 10.9 Å². The van der Waals surface area contributed by atoms with Crippen molar-refractivity contribution in [3.05, 3.63) is 30.0 Å². The lowest BCUT2D eigenvalue weighted by Gasteiger charge is -2.12. The zero-order chi connectivity index (χ0) is 11.7. The molecule has 2 aromatic rings. The number of anilines is 1. The summed E-state index contributed by atoms with van der Waals surface area (Å²) in [5.41, 5.74) is 8.04. The molecule has 0 aromatic carbocycles. The number of rotatable bonds is 3. The maximum atomic E-state index is 5.92. The third-order valence-corrected chi connectivity index (χ3v) is 2.69. The van der Waals surface area contributed by atoms with E-state index in [1.165, 1.54) is 0 Å². The molecule has 5 nitrogen and oxygen atoms in total. The fourth-order valence-electron chi connectivity index (χ4n) is 1.69. The average molecular weight is 219 g/mol. The highest BCUT2D eigenvalue weighted by molar-refractivity contribution is 5.37. The molecule has 0 amide bonds. The van der Waals surface area contributed by atoms with Crippen LogP contribution in [0.25, 0.3) is 0 Å². The normalized spacial score (nSPS) is 11.2. The van der Waals surface area contributed by atoms with Gasteiger partial charge in [-0.15, -0.1) is 0 Å². The molecule has 2 rings (SSSR count). The molecular weight excluding hydrogens is 202 g/mol. The van der Waals surface area contributed by atoms with Crippen molar-refractivity contribution in [1.82, 2.24) is 19.3 Å². The first-order chi connectivity index (χ1) is 7.59. The van der Waals surface area contributed by atoms with Crippen LogP contribution in [0.2, 0.25) is 0 Å². The van der Waals surface area contributed by atoms with Gasteiger partial charge in [-0.25, -0.2) is 9.67 Å². The minimum absolute atomic E-state index is 0.399. The second-order valence-electron chi connectivity index (χ2n) is 4.26. The molecule has 0 fully saturated rings. The van der Waals surface area contributed by atoms with E-state index in [1.807, 2.05) is 19.4 Å². The van der Waals surface area contributed by atoms with Crippen LogP contribution >= 0.6 is 0 Å². The summed E-state index contributed by atoms with van der Waals surface area (Å²) < 4.78 is 3.92. The molecular formula is C11H17N5. The van der Waals surface area contributed by atoms with E-state index in [4.69, 9.17) is 5.73 Å². The fraction of sp³-hybridized carbons (Fsp3) is 0.455. The smallest absolute Gasteiger partial charge is 0.125 e. The van der Waals surface area contributed by atoms with Crippen LogP contribution in [0, 0.1) is 6.92 Å². The Morgan fingerprint density at radius 3 is 2.69 bits per heavy atom. The molecule has 16 heavy (non-hydrogen) atoms. The number of nitrogen functional groups attached to an aromatic ring is 1. The van der Waals surface area contributed by atoms with Crippen LogP contribution < -0.4 is 5.73 Å². The highest BCUT2D eigenvalue weighted by Crippen LogP contribution is 2.14. The quantitative estimate of drug-likeness (QED) is 0.852. The number of aromatic nitrogens is 4. The standard InChI is InChI=1S/C11H17N5/c1-8(2)15-7-13-5-10(15)6-16-11(12)9(3)4-14-16/h4-5,7-8H,6,12H2,1-3H3. The molecule has 0 aliphatic heterocycles. The van der Waals surface area contributed by atoms with E-state index in [9.17, 15) is 0 Å². The lowest BCUT2D eigenvalue weighted by atomic mass is 10.3. The van der Waals surface area contributed by atoms with Gasteiger partial charge in [-0.05, 0) is 20.8 Å². The van der Waals surface area contributed by atoms with Gasteiger partial charge in [-0.1, -0.05) is 0 Å². The van der Waals surface area contributed by atoms with E-state index < -0.39 is 0 Å². The van der Waals surface area contributed by atoms with E-state index >= 15 is 0 Å². The Morgan fingerprint density at radius 2 is 2.12 bits per heavy atom. The molecule has 0 aliphatic carbocycles. The first-order valence-corrected chi connectivity index (χ1v) is 5.38. The largest absolute Gasteiger partial charge is 0.384 e. The molecule has 0 saturated heterocycles. The molecule has 2 aromatic heterocycles. The van der Waals surface area contributed by atoms with Gasteiger partial charge in [-0.3, -0.25) is 0 Å². The minimum Gasteiger partial charge on any atom is -0.384 e. The Bertz CT molecular complexity index is 480. The molecule has 0 aliphatic rings. The van der Waals surface area contributed by atoms with Crippen LogP contribution in [-0.4, -0.2) is 19.3 Å². The van der Waals surface area contributed by atoms with Crippen LogP contribution in [0.15, 0.2) is 18.7 Å². The third kappa shape index (κ3) is 1.80. The molecule has 0 spiro atoms. The predicted molar refractivity (Wildman–Crippen MR) is 63.1 cm³/mol. The summed E-state index contributed by atoms with van der Waals surface area (Å²) in [6.45, 7) is 6.88. The average Bonchev–Trinajstić information content (AvgIpc) is 2.80. The van der Waals surface area contributed by atoms with Crippen LogP contribution in [-0.2, 0) is 6.54 Å². The molecule has 0 atom stereocenters. The minimum atomic E-state index is 0.399. The Hall–Kier alpha value is -1.78. The third-order valence-electron chi connectivity index (χ3n) is 2.69. The van der Waals surface area contributed by atoms with Gasteiger partial charge in [0.1, 0.15) is 5.82 Å². The van der Waals surface area contributed by atoms with Gasteiger partial charge >= 0.3 is 0 Å². The topological polar surface area (TPSA) is 61.7 Å².